The molecule has 5 aromatic rings. The fraction of sp³-hybridized carbons (Fsp3) is 0.206. The number of fused-ring (bicyclic) bond motifs is 1. The summed E-state index contributed by atoms with van der Waals surface area (Å²) in [6.45, 7) is 4.46. The number of benzene rings is 2. The van der Waals surface area contributed by atoms with Crippen LogP contribution in [0.5, 0.6) is 5.75 Å². The van der Waals surface area contributed by atoms with E-state index in [1.807, 2.05) is 30.3 Å². The Hall–Kier alpha value is -5.29. The summed E-state index contributed by atoms with van der Waals surface area (Å²) in [6.07, 6.45) is 6.96. The van der Waals surface area contributed by atoms with E-state index in [9.17, 15) is 18.7 Å². The molecule has 0 saturated heterocycles. The molecule has 0 aliphatic heterocycles. The number of amides is 1. The maximum atomic E-state index is 14.4. The number of rotatable bonds is 9. The summed E-state index contributed by atoms with van der Waals surface area (Å²) in [5.41, 5.74) is 11.0. The number of carbonyl (C=O) groups is 1. The van der Waals surface area contributed by atoms with Gasteiger partial charge in [-0.05, 0) is 84.8 Å². The van der Waals surface area contributed by atoms with Crippen molar-refractivity contribution in [2.24, 2.45) is 5.73 Å². The van der Waals surface area contributed by atoms with Crippen molar-refractivity contribution in [3.8, 4) is 16.9 Å². The van der Waals surface area contributed by atoms with Gasteiger partial charge in [-0.3, -0.25) is 4.79 Å². The second-order valence-electron chi connectivity index (χ2n) is 11.2. The highest BCUT2D eigenvalue weighted by molar-refractivity contribution is 5.93. The van der Waals surface area contributed by atoms with Crippen LogP contribution in [0.15, 0.2) is 85.8 Å². The smallest absolute Gasteiger partial charge is 0.271 e. The van der Waals surface area contributed by atoms with Gasteiger partial charge in [-0.25, -0.2) is 18.7 Å². The van der Waals surface area contributed by atoms with Crippen LogP contribution in [0, 0.1) is 11.6 Å². The molecule has 230 valence electrons. The molecule has 0 spiro atoms. The first-order chi connectivity index (χ1) is 21.7. The van der Waals surface area contributed by atoms with E-state index in [0.29, 0.717) is 22.7 Å². The molecule has 11 heteroatoms. The Morgan fingerprint density at radius 1 is 0.978 bits per heavy atom. The first kappa shape index (κ1) is 29.8. The van der Waals surface area contributed by atoms with Crippen LogP contribution in [0.3, 0.4) is 0 Å². The van der Waals surface area contributed by atoms with Gasteiger partial charge in [-0.1, -0.05) is 24.8 Å². The number of hydrogen-bond acceptors (Lipinski definition) is 7. The number of pyridine rings is 2. The lowest BCUT2D eigenvalue weighted by Crippen LogP contribution is -2.41. The van der Waals surface area contributed by atoms with Crippen LogP contribution in [0.25, 0.3) is 22.5 Å². The lowest BCUT2D eigenvalue weighted by molar-refractivity contribution is 0.0920. The third-order valence-electron chi connectivity index (χ3n) is 8.01. The molecule has 45 heavy (non-hydrogen) atoms. The zero-order valence-corrected chi connectivity index (χ0v) is 24.4. The van der Waals surface area contributed by atoms with Gasteiger partial charge in [0.05, 0.1) is 6.20 Å². The van der Waals surface area contributed by atoms with Crippen LogP contribution in [-0.4, -0.2) is 37.5 Å². The normalized spacial score (nSPS) is 16.3. The summed E-state index contributed by atoms with van der Waals surface area (Å²) in [4.78, 5) is 21.4. The van der Waals surface area contributed by atoms with Gasteiger partial charge in [0.15, 0.2) is 0 Å². The van der Waals surface area contributed by atoms with Gasteiger partial charge in [0.1, 0.15) is 34.5 Å². The minimum absolute atomic E-state index is 0.0286. The first-order valence-corrected chi connectivity index (χ1v) is 14.7. The van der Waals surface area contributed by atoms with Crippen LogP contribution in [0.2, 0.25) is 0 Å². The summed E-state index contributed by atoms with van der Waals surface area (Å²) in [5.74, 6) is -0.582. The van der Waals surface area contributed by atoms with Crippen molar-refractivity contribution < 1.29 is 18.7 Å². The second-order valence-corrected chi connectivity index (χ2v) is 11.2. The zero-order valence-electron chi connectivity index (χ0n) is 24.4. The maximum absolute atomic E-state index is 14.4. The molecule has 6 rings (SSSR count). The van der Waals surface area contributed by atoms with E-state index in [-0.39, 0.29) is 36.0 Å². The summed E-state index contributed by atoms with van der Waals surface area (Å²) >= 11 is 0. The highest BCUT2D eigenvalue weighted by Crippen LogP contribution is 2.31. The quantitative estimate of drug-likeness (QED) is 0.141. The van der Waals surface area contributed by atoms with E-state index in [1.54, 1.807) is 12.1 Å². The SMILES string of the molecule is C=C(NC1CCC(NC(=O)c2cn3cc(F)ccc3n2)CC1)c1cc(F)cnc1Nc1cccc(-c2ccc(O)cc2CN)c1. The van der Waals surface area contributed by atoms with E-state index in [4.69, 9.17) is 5.73 Å². The maximum Gasteiger partial charge on any atom is 0.271 e. The summed E-state index contributed by atoms with van der Waals surface area (Å²) in [5, 5.41) is 19.6. The standard InChI is InChI=1S/C34H33F2N7O2/c1-20(39-25-6-8-26(9-7-25)41-34(45)31-19-43-18-23(35)5-12-32(43)42-31)30-15-24(36)17-38-33(30)40-27-4-2-3-21(13-27)29-11-10-28(44)14-22(29)16-37/h2-5,10-15,17-19,25-26,39,44H,1,6-9,16,37H2,(H,38,40)(H,41,45). The van der Waals surface area contributed by atoms with Crippen molar-refractivity contribution in [1.29, 1.82) is 0 Å². The number of hydrogen-bond donors (Lipinski definition) is 5. The molecule has 1 saturated carbocycles. The molecule has 6 N–H and O–H groups in total. The largest absolute Gasteiger partial charge is 0.508 e. The third-order valence-corrected chi connectivity index (χ3v) is 8.01. The molecule has 9 nitrogen and oxygen atoms in total. The van der Waals surface area contributed by atoms with Crippen LogP contribution < -0.4 is 21.7 Å². The third kappa shape index (κ3) is 6.78. The van der Waals surface area contributed by atoms with E-state index >= 15 is 0 Å². The molecule has 0 atom stereocenters. The number of phenolic OH excluding ortho intramolecular Hbond substituents is 1. The number of nitrogens with zero attached hydrogens (tertiary/aromatic N) is 3. The van der Waals surface area contributed by atoms with Gasteiger partial charge < -0.3 is 31.2 Å². The molecule has 0 bridgehead atoms. The number of imidazole rings is 1. The molecular weight excluding hydrogens is 576 g/mol. The fourth-order valence-corrected chi connectivity index (χ4v) is 5.74. The summed E-state index contributed by atoms with van der Waals surface area (Å²) in [7, 11) is 0. The number of phenols is 1. The monoisotopic (exact) mass is 609 g/mol. The van der Waals surface area contributed by atoms with Crippen LogP contribution >= 0.6 is 0 Å². The number of aromatic nitrogens is 3. The Morgan fingerprint density at radius 2 is 1.76 bits per heavy atom. The highest BCUT2D eigenvalue weighted by atomic mass is 19.1. The number of anilines is 2. The molecule has 3 aromatic heterocycles. The lowest BCUT2D eigenvalue weighted by atomic mass is 9.90. The van der Waals surface area contributed by atoms with Crippen molar-refractivity contribution in [3.63, 3.8) is 0 Å². The molecule has 1 aliphatic rings. The Morgan fingerprint density at radius 3 is 2.53 bits per heavy atom. The molecule has 0 unspecified atom stereocenters. The van der Waals surface area contributed by atoms with Crippen molar-refractivity contribution in [2.75, 3.05) is 5.32 Å². The highest BCUT2D eigenvalue weighted by Gasteiger charge is 2.25. The van der Waals surface area contributed by atoms with Gasteiger partial charge >= 0.3 is 0 Å². The minimum atomic E-state index is -0.481. The molecule has 2 aromatic carbocycles. The topological polar surface area (TPSA) is 130 Å². The number of carbonyl (C=O) groups excluding carboxylic acids is 1. The van der Waals surface area contributed by atoms with Crippen molar-refractivity contribution >= 4 is 28.8 Å². The lowest BCUT2D eigenvalue weighted by Gasteiger charge is -2.31. The molecule has 3 heterocycles. The fourth-order valence-electron chi connectivity index (χ4n) is 5.74. The summed E-state index contributed by atoms with van der Waals surface area (Å²) < 4.78 is 29.4. The Labute approximate surface area is 258 Å². The predicted octanol–water partition coefficient (Wildman–Crippen LogP) is 5.88. The van der Waals surface area contributed by atoms with E-state index in [1.165, 1.54) is 35.0 Å². The van der Waals surface area contributed by atoms with Gasteiger partial charge in [0.25, 0.3) is 5.91 Å². The predicted molar refractivity (Wildman–Crippen MR) is 170 cm³/mol. The van der Waals surface area contributed by atoms with Crippen molar-refractivity contribution in [1.82, 2.24) is 25.0 Å². The van der Waals surface area contributed by atoms with Crippen molar-refractivity contribution in [2.45, 2.75) is 44.3 Å². The Kier molecular flexibility index (Phi) is 8.43. The van der Waals surface area contributed by atoms with Crippen molar-refractivity contribution in [3.05, 3.63) is 114 Å². The average molecular weight is 610 g/mol. The minimum Gasteiger partial charge on any atom is -0.508 e. The van der Waals surface area contributed by atoms with Crippen LogP contribution in [-0.2, 0) is 6.54 Å². The summed E-state index contributed by atoms with van der Waals surface area (Å²) in [6, 6.07) is 17.0. The molecular formula is C34H33F2N7O2. The van der Waals surface area contributed by atoms with Crippen LogP contribution in [0.4, 0.5) is 20.3 Å². The molecule has 1 amide bonds. The second kappa shape index (κ2) is 12.7. The van der Waals surface area contributed by atoms with Gasteiger partial charge in [-0.15, -0.1) is 0 Å². The Bertz CT molecular complexity index is 1880. The van der Waals surface area contributed by atoms with Crippen LogP contribution in [0.1, 0.15) is 47.3 Å². The first-order valence-electron chi connectivity index (χ1n) is 14.7. The van der Waals surface area contributed by atoms with E-state index in [2.05, 4.69) is 32.5 Å². The van der Waals surface area contributed by atoms with Gasteiger partial charge in [0, 0.05) is 48.0 Å². The zero-order chi connectivity index (χ0) is 31.5. The number of nitrogens with one attached hydrogen (secondary N) is 3. The molecule has 1 aliphatic carbocycles. The average Bonchev–Trinajstić information content (AvgIpc) is 3.46. The molecule has 0 radical (unpaired) electrons. The van der Waals surface area contributed by atoms with E-state index < -0.39 is 11.6 Å². The number of halogens is 2. The van der Waals surface area contributed by atoms with Gasteiger partial charge in [0.2, 0.25) is 0 Å². The Balaban J connectivity index is 1.09. The van der Waals surface area contributed by atoms with Gasteiger partial charge in [-0.2, -0.15) is 0 Å². The van der Waals surface area contributed by atoms with E-state index in [0.717, 1.165) is 54.3 Å². The molecule has 1 fully saturated rings. The number of aromatic hydroxyl groups is 1. The number of nitrogens with two attached hydrogens (primary N) is 1.